The van der Waals surface area contributed by atoms with Crippen molar-refractivity contribution in [1.29, 1.82) is 0 Å². The second-order valence-electron chi connectivity index (χ2n) is 12.3. The zero-order chi connectivity index (χ0) is 32.6. The van der Waals surface area contributed by atoms with E-state index >= 15 is 0 Å². The quantitative estimate of drug-likeness (QED) is 0.252. The zero-order valence-electron chi connectivity index (χ0n) is 26.3. The van der Waals surface area contributed by atoms with E-state index in [0.29, 0.717) is 34.7 Å². The molecule has 2 amide bonds. The maximum atomic E-state index is 14.4. The lowest BCUT2D eigenvalue weighted by Gasteiger charge is -2.35. The predicted octanol–water partition coefficient (Wildman–Crippen LogP) is 5.55. The van der Waals surface area contributed by atoms with Gasteiger partial charge in [-0.2, -0.15) is 0 Å². The summed E-state index contributed by atoms with van der Waals surface area (Å²) in [6.07, 6.45) is 2.75. The number of aromatic nitrogens is 1. The van der Waals surface area contributed by atoms with Crippen molar-refractivity contribution in [3.8, 4) is 0 Å². The van der Waals surface area contributed by atoms with Gasteiger partial charge in [-0.05, 0) is 89.7 Å². The van der Waals surface area contributed by atoms with Crippen molar-refractivity contribution in [2.24, 2.45) is 0 Å². The van der Waals surface area contributed by atoms with Crippen LogP contribution in [0.4, 0.5) is 21.9 Å². The van der Waals surface area contributed by atoms with Gasteiger partial charge in [0.25, 0.3) is 5.56 Å². The van der Waals surface area contributed by atoms with Gasteiger partial charge in [0.2, 0.25) is 5.91 Å². The van der Waals surface area contributed by atoms with Crippen LogP contribution in [-0.2, 0) is 25.8 Å². The number of carbonyl (C=O) groups is 2. The molecule has 3 aliphatic heterocycles. The lowest BCUT2D eigenvalue weighted by Crippen LogP contribution is -2.39. The van der Waals surface area contributed by atoms with E-state index in [9.17, 15) is 18.6 Å². The van der Waals surface area contributed by atoms with Gasteiger partial charge in [-0.3, -0.25) is 19.2 Å². The van der Waals surface area contributed by atoms with Crippen molar-refractivity contribution < 1.29 is 18.5 Å². The summed E-state index contributed by atoms with van der Waals surface area (Å²) in [4.78, 5) is 44.1. The van der Waals surface area contributed by atoms with Gasteiger partial charge in [0.05, 0.1) is 12.3 Å². The molecule has 3 aromatic carbocycles. The van der Waals surface area contributed by atoms with Crippen LogP contribution in [0.2, 0.25) is 0 Å². The first kappa shape index (κ1) is 31.2. The largest absolute Gasteiger partial charge is 0.449 e. The number of likely N-dealkylation sites (N-methyl/N-ethyl adjacent to an activating group) is 1. The average molecular weight is 642 g/mol. The number of H-pyrrole nitrogens is 1. The van der Waals surface area contributed by atoms with E-state index in [1.807, 2.05) is 60.6 Å². The number of hydrogen-bond acceptors (Lipinski definition) is 6. The Morgan fingerprint density at radius 3 is 2.63 bits per heavy atom. The summed E-state index contributed by atoms with van der Waals surface area (Å²) in [5.41, 5.74) is 5.08. The molecule has 1 saturated heterocycles. The van der Waals surface area contributed by atoms with Crippen LogP contribution in [0.1, 0.15) is 54.0 Å². The van der Waals surface area contributed by atoms with Gasteiger partial charge in [-0.1, -0.05) is 31.2 Å². The number of pyridine rings is 1. The zero-order valence-corrected chi connectivity index (χ0v) is 27.1. The summed E-state index contributed by atoms with van der Waals surface area (Å²) in [5.74, 6) is 4.25. The summed E-state index contributed by atoms with van der Waals surface area (Å²) >= 11 is 0. The minimum Gasteiger partial charge on any atom is -0.449 e. The highest BCUT2D eigenvalue weighted by Crippen LogP contribution is 2.33. The molecule has 4 heterocycles. The van der Waals surface area contributed by atoms with Crippen molar-refractivity contribution >= 4 is 55.4 Å². The summed E-state index contributed by atoms with van der Waals surface area (Å²) in [6, 6.07) is 17.8. The third-order valence-electron chi connectivity index (χ3n) is 8.81. The summed E-state index contributed by atoms with van der Waals surface area (Å²) < 4.78 is 21.0. The van der Waals surface area contributed by atoms with E-state index < -0.39 is 21.8 Å². The van der Waals surface area contributed by atoms with Crippen molar-refractivity contribution in [3.63, 3.8) is 0 Å². The van der Waals surface area contributed by atoms with Crippen LogP contribution >= 0.6 is 0 Å². The maximum absolute atomic E-state index is 14.4. The van der Waals surface area contributed by atoms with Crippen molar-refractivity contribution in [2.75, 3.05) is 40.9 Å². The molecule has 7 rings (SSSR count). The van der Waals surface area contributed by atoms with Gasteiger partial charge < -0.3 is 19.9 Å². The summed E-state index contributed by atoms with van der Waals surface area (Å²) in [5, 5.41) is 7.54. The van der Waals surface area contributed by atoms with Gasteiger partial charge in [0, 0.05) is 64.5 Å². The SMILES string of the molecule is C=S1(=O)CCCCN1c1ccc2cc1CN(C)C(=O)[C@H](Nc1ccc3cc[nH]c(=O)c3c1)c1ccc(c(C)c1)[C@@H](C)COC(=O)N2. The van der Waals surface area contributed by atoms with Crippen molar-refractivity contribution in [1.82, 2.24) is 9.88 Å². The fraction of sp³-hybridized carbons (Fsp3) is 0.314. The maximum Gasteiger partial charge on any atom is 0.411 e. The molecule has 4 bridgehead atoms. The molecule has 10 nitrogen and oxygen atoms in total. The molecule has 3 aliphatic rings. The summed E-state index contributed by atoms with van der Waals surface area (Å²) in [6.45, 7) is 4.89. The number of hydrogen-bond donors (Lipinski definition) is 3. The van der Waals surface area contributed by atoms with Crippen LogP contribution in [0.25, 0.3) is 10.8 Å². The first-order valence-electron chi connectivity index (χ1n) is 15.4. The Kier molecular flexibility index (Phi) is 8.52. The molecule has 0 saturated carbocycles. The molecule has 1 aromatic heterocycles. The van der Waals surface area contributed by atoms with E-state index in [0.717, 1.165) is 40.5 Å². The topological polar surface area (TPSA) is 124 Å². The Bertz CT molecular complexity index is 1990. The minimum atomic E-state index is -2.55. The van der Waals surface area contributed by atoms with E-state index in [1.54, 1.807) is 36.3 Å². The molecule has 240 valence electrons. The van der Waals surface area contributed by atoms with E-state index in [-0.39, 0.29) is 30.5 Å². The molecular weight excluding hydrogens is 602 g/mol. The highest BCUT2D eigenvalue weighted by atomic mass is 32.2. The van der Waals surface area contributed by atoms with Crippen LogP contribution in [-0.4, -0.2) is 57.9 Å². The van der Waals surface area contributed by atoms with Crippen LogP contribution in [0.3, 0.4) is 0 Å². The van der Waals surface area contributed by atoms with Gasteiger partial charge in [-0.15, -0.1) is 0 Å². The number of rotatable bonds is 3. The normalized spacial score (nSPS) is 22.4. The molecule has 3 N–H and O–H groups in total. The average Bonchev–Trinajstić information content (AvgIpc) is 3.02. The number of aromatic amines is 1. The highest BCUT2D eigenvalue weighted by molar-refractivity contribution is 8.01. The number of nitrogens with zero attached hydrogens (tertiary/aromatic N) is 2. The Labute approximate surface area is 268 Å². The molecule has 11 heteroatoms. The molecule has 0 radical (unpaired) electrons. The monoisotopic (exact) mass is 641 g/mol. The number of carbonyl (C=O) groups excluding carboxylic acids is 2. The Balaban J connectivity index is 1.43. The Hall–Kier alpha value is -4.77. The van der Waals surface area contributed by atoms with Crippen LogP contribution < -0.4 is 20.5 Å². The predicted molar refractivity (Wildman–Crippen MR) is 185 cm³/mol. The van der Waals surface area contributed by atoms with E-state index in [1.165, 1.54) is 0 Å². The van der Waals surface area contributed by atoms with Gasteiger partial charge >= 0.3 is 6.09 Å². The van der Waals surface area contributed by atoms with Crippen molar-refractivity contribution in [2.45, 2.75) is 45.2 Å². The second-order valence-corrected chi connectivity index (χ2v) is 14.6. The number of anilines is 3. The molecule has 1 unspecified atom stereocenters. The van der Waals surface area contributed by atoms with Crippen molar-refractivity contribution in [3.05, 3.63) is 99.5 Å². The Morgan fingerprint density at radius 2 is 1.85 bits per heavy atom. The molecule has 0 spiro atoms. The number of aryl methyl sites for hydroxylation is 1. The molecule has 4 aromatic rings. The fourth-order valence-electron chi connectivity index (χ4n) is 6.35. The third kappa shape index (κ3) is 6.32. The van der Waals surface area contributed by atoms with Crippen LogP contribution in [0.5, 0.6) is 0 Å². The first-order chi connectivity index (χ1) is 22.0. The number of ether oxygens (including phenoxy) is 1. The number of benzene rings is 3. The molecular formula is C35H39N5O5S. The lowest BCUT2D eigenvalue weighted by atomic mass is 9.93. The van der Waals surface area contributed by atoms with Gasteiger partial charge in [0.1, 0.15) is 6.04 Å². The molecule has 46 heavy (non-hydrogen) atoms. The van der Waals surface area contributed by atoms with E-state index in [4.69, 9.17) is 4.74 Å². The molecule has 0 aliphatic carbocycles. The van der Waals surface area contributed by atoms with Crippen LogP contribution in [0, 0.1) is 6.92 Å². The number of amides is 2. The Morgan fingerprint density at radius 1 is 1.02 bits per heavy atom. The van der Waals surface area contributed by atoms with Crippen LogP contribution in [0.15, 0.2) is 71.7 Å². The van der Waals surface area contributed by atoms with E-state index in [2.05, 4.69) is 21.5 Å². The third-order valence-corrected chi connectivity index (χ3v) is 10.9. The second kappa shape index (κ2) is 12.6. The van der Waals surface area contributed by atoms with Gasteiger partial charge in [0.15, 0.2) is 0 Å². The smallest absolute Gasteiger partial charge is 0.411 e. The molecule has 1 fully saturated rings. The first-order valence-corrected chi connectivity index (χ1v) is 17.3. The number of fused-ring (bicyclic) bond motifs is 10. The number of nitrogens with one attached hydrogen (secondary N) is 3. The standard InChI is InChI=1S/C35H39N5O5S/c1-22-17-25-8-11-29(22)23(2)21-45-35(43)38-27-10-12-31(40-15-5-6-16-46(40,4)44)26(18-27)20-39(3)34(42)32(25)37-28-9-7-24-13-14-36-33(41)30(24)19-28/h7-14,17-19,23,32,37H,4-6,15-16,20-21H2,1-3H3,(H,36,41)(H,38,43)/t23-,32+,46?/m0/s1. The van der Waals surface area contributed by atoms with Gasteiger partial charge in [-0.25, -0.2) is 9.00 Å². The molecule has 3 atom stereocenters. The summed E-state index contributed by atoms with van der Waals surface area (Å²) in [7, 11) is -0.822. The minimum absolute atomic E-state index is 0.0908. The fourth-order valence-corrected chi connectivity index (χ4v) is 8.22. The lowest BCUT2D eigenvalue weighted by molar-refractivity contribution is -0.131. The highest BCUT2D eigenvalue weighted by Gasteiger charge is 2.29.